The third-order valence-electron chi connectivity index (χ3n) is 0.524. The highest BCUT2D eigenvalue weighted by Crippen LogP contribution is 2.29. The molecule has 0 N–H and O–H groups in total. The van der Waals surface area contributed by atoms with E-state index in [4.69, 9.17) is 58.0 Å². The Morgan fingerprint density at radius 1 is 1.20 bits per heavy atom. The van der Waals surface area contributed by atoms with E-state index in [0.717, 1.165) is 0 Å². The highest BCUT2D eigenvalue weighted by Gasteiger charge is 2.15. The van der Waals surface area contributed by atoms with Crippen LogP contribution in [0.3, 0.4) is 0 Å². The van der Waals surface area contributed by atoms with E-state index < -0.39 is 3.79 Å². The molecule has 0 amide bonds. The van der Waals surface area contributed by atoms with Crippen molar-refractivity contribution in [2.45, 2.75) is 3.79 Å². The van der Waals surface area contributed by atoms with Gasteiger partial charge < -0.3 is 0 Å². The molecular weight excluding hydrogens is 237 g/mol. The first-order valence-electron chi connectivity index (χ1n) is 2.17. The van der Waals surface area contributed by atoms with E-state index in [2.05, 4.69) is 0 Å². The highest BCUT2D eigenvalue weighted by atomic mass is 35.6. The second kappa shape index (κ2) is 4.74. The zero-order valence-corrected chi connectivity index (χ0v) is 8.40. The van der Waals surface area contributed by atoms with Crippen LogP contribution < -0.4 is 0 Å². The van der Waals surface area contributed by atoms with Crippen molar-refractivity contribution in [1.29, 1.82) is 0 Å². The van der Waals surface area contributed by atoms with E-state index in [1.54, 1.807) is 0 Å². The summed E-state index contributed by atoms with van der Waals surface area (Å²) in [6, 6.07) is 0. The van der Waals surface area contributed by atoms with E-state index in [1.807, 2.05) is 0 Å². The normalized spacial score (nSPS) is 14.7. The maximum absolute atomic E-state index is 5.50. The predicted octanol–water partition coefficient (Wildman–Crippen LogP) is 4.23. The van der Waals surface area contributed by atoms with Crippen LogP contribution in [0.25, 0.3) is 0 Å². The van der Waals surface area contributed by atoms with Gasteiger partial charge in [-0.2, -0.15) is 0 Å². The summed E-state index contributed by atoms with van der Waals surface area (Å²) in [5.41, 5.74) is 1.23. The lowest BCUT2D eigenvalue weighted by molar-refractivity contribution is 1.45. The number of hydrogen-bond acceptors (Lipinski definition) is 0. The first-order chi connectivity index (χ1) is 4.45. The van der Waals surface area contributed by atoms with Crippen molar-refractivity contribution < 1.29 is 0 Å². The molecule has 0 aliphatic heterocycles. The van der Waals surface area contributed by atoms with Crippen LogP contribution in [-0.4, -0.2) is 3.79 Å². The highest BCUT2D eigenvalue weighted by molar-refractivity contribution is 6.69. The maximum Gasteiger partial charge on any atom is 0.210 e. The van der Waals surface area contributed by atoms with Crippen molar-refractivity contribution in [3.63, 3.8) is 0 Å². The van der Waals surface area contributed by atoms with Gasteiger partial charge in [-0.3, -0.25) is 0 Å². The van der Waals surface area contributed by atoms with E-state index in [9.17, 15) is 0 Å². The van der Waals surface area contributed by atoms with E-state index in [0.29, 0.717) is 0 Å². The van der Waals surface area contributed by atoms with Crippen molar-refractivity contribution in [2.75, 3.05) is 0 Å². The summed E-state index contributed by atoms with van der Waals surface area (Å²) in [5.74, 6) is 0. The fourth-order valence-electron chi connectivity index (χ4n) is 0.265. The summed E-state index contributed by atoms with van der Waals surface area (Å²) in [6.45, 7) is 0. The van der Waals surface area contributed by atoms with Gasteiger partial charge in [0.1, 0.15) is 0 Å². The molecule has 0 bridgehead atoms. The first-order valence-corrected chi connectivity index (χ1v) is 4.12. The average Bonchev–Trinajstić information content (AvgIpc) is 1.59. The summed E-state index contributed by atoms with van der Waals surface area (Å²) in [5, 5.41) is 0.287. The van der Waals surface area contributed by atoms with Gasteiger partial charge in [-0.05, 0) is 12.2 Å². The van der Waals surface area contributed by atoms with E-state index >= 15 is 0 Å². The summed E-state index contributed by atoms with van der Waals surface area (Å²) in [6.07, 6.45) is 2.66. The molecule has 0 fully saturated rings. The monoisotopic (exact) mass is 238 g/mol. The van der Waals surface area contributed by atoms with Gasteiger partial charge in [0.15, 0.2) is 0 Å². The van der Waals surface area contributed by atoms with Gasteiger partial charge >= 0.3 is 0 Å². The molecule has 0 radical (unpaired) electrons. The number of halogens is 5. The number of hydrogen-bond donors (Lipinski definition) is 0. The minimum absolute atomic E-state index is 0.287. The van der Waals surface area contributed by atoms with Crippen LogP contribution in [0.15, 0.2) is 22.7 Å². The Balaban J connectivity index is 4.17. The third-order valence-corrected chi connectivity index (χ3v) is 1.21. The molecule has 10 heavy (non-hydrogen) atoms. The van der Waals surface area contributed by atoms with Crippen molar-refractivity contribution in [3.8, 4) is 0 Å². The largest absolute Gasteiger partial charge is 0.210 e. The molecule has 0 spiro atoms. The smallest absolute Gasteiger partial charge is 0.0929 e. The van der Waals surface area contributed by atoms with Crippen LogP contribution >= 0.6 is 58.0 Å². The van der Waals surface area contributed by atoms with Crippen LogP contribution in [0.2, 0.25) is 0 Å². The Hall–Kier alpha value is 0.930. The molecule has 0 saturated carbocycles. The van der Waals surface area contributed by atoms with Crippen LogP contribution in [0.5, 0.6) is 0 Å². The third kappa shape index (κ3) is 7.04. The minimum Gasteiger partial charge on any atom is -0.0929 e. The fraction of sp³-hybridized carbons (Fsp3) is 0.200. The predicted molar refractivity (Wildman–Crippen MR) is 49.2 cm³/mol. The Labute approximate surface area is 84.3 Å². The van der Waals surface area contributed by atoms with Gasteiger partial charge in [0.2, 0.25) is 3.79 Å². The van der Waals surface area contributed by atoms with E-state index in [-0.39, 0.29) is 5.03 Å². The van der Waals surface area contributed by atoms with Crippen molar-refractivity contribution in [1.82, 2.24) is 0 Å². The molecule has 0 unspecified atom stereocenters. The molecule has 0 rings (SSSR count). The Morgan fingerprint density at radius 2 is 1.70 bits per heavy atom. The lowest BCUT2D eigenvalue weighted by atomic mass is 10.5. The first kappa shape index (κ1) is 10.9. The molecule has 0 saturated heterocycles. The Bertz CT molecular complexity index is 152. The number of alkyl halides is 3. The molecule has 0 aromatic carbocycles. The van der Waals surface area contributed by atoms with Gasteiger partial charge in [0.05, 0.1) is 0 Å². The molecule has 0 nitrogen and oxygen atoms in total. The zero-order chi connectivity index (χ0) is 8.20. The topological polar surface area (TPSA) is 0 Å². The molecule has 5 heteroatoms. The lowest BCUT2D eigenvalue weighted by Crippen LogP contribution is -1.94. The van der Waals surface area contributed by atoms with Gasteiger partial charge in [-0.15, -0.1) is 0 Å². The fourth-order valence-corrected chi connectivity index (χ4v) is 1.21. The molecule has 0 atom stereocenters. The summed E-state index contributed by atoms with van der Waals surface area (Å²) in [7, 11) is 0. The number of allylic oxidation sites excluding steroid dienone is 3. The Kier molecular flexibility index (Phi) is 5.18. The SMILES string of the molecule is ClC=CC(Cl)=CC(Cl)(Cl)Cl. The summed E-state index contributed by atoms with van der Waals surface area (Å²) < 4.78 is -1.46. The van der Waals surface area contributed by atoms with Crippen LogP contribution in [0, 0.1) is 0 Å². The zero-order valence-electron chi connectivity index (χ0n) is 4.62. The maximum atomic E-state index is 5.50. The van der Waals surface area contributed by atoms with Gasteiger partial charge in [-0.1, -0.05) is 58.0 Å². The summed E-state index contributed by atoms with van der Waals surface area (Å²) >= 11 is 26.8. The van der Waals surface area contributed by atoms with E-state index in [1.165, 1.54) is 17.7 Å². The summed E-state index contributed by atoms with van der Waals surface area (Å²) in [4.78, 5) is 0. The molecule has 0 aromatic rings. The molecular formula is C5H3Cl5. The van der Waals surface area contributed by atoms with Crippen LogP contribution in [0.1, 0.15) is 0 Å². The van der Waals surface area contributed by atoms with Crippen molar-refractivity contribution >= 4 is 58.0 Å². The van der Waals surface area contributed by atoms with Crippen LogP contribution in [-0.2, 0) is 0 Å². The standard InChI is InChI=1S/C5H3Cl5/c6-2-1-4(7)3-5(8,9)10/h1-3H. The van der Waals surface area contributed by atoms with Crippen molar-refractivity contribution in [2.24, 2.45) is 0 Å². The van der Waals surface area contributed by atoms with Crippen LogP contribution in [0.4, 0.5) is 0 Å². The second-order valence-corrected chi connectivity index (χ2v) is 4.42. The lowest BCUT2D eigenvalue weighted by Gasteiger charge is -2.02. The quantitative estimate of drug-likeness (QED) is 0.475. The minimum atomic E-state index is -1.46. The Morgan fingerprint density at radius 3 is 2.00 bits per heavy atom. The van der Waals surface area contributed by atoms with Gasteiger partial charge in [0.25, 0.3) is 0 Å². The second-order valence-electron chi connectivity index (χ2n) is 1.36. The molecule has 0 heterocycles. The van der Waals surface area contributed by atoms with Gasteiger partial charge in [-0.25, -0.2) is 0 Å². The number of rotatable bonds is 1. The molecule has 0 aliphatic rings. The molecule has 0 aromatic heterocycles. The average molecular weight is 240 g/mol. The molecule has 58 valence electrons. The van der Waals surface area contributed by atoms with Gasteiger partial charge in [0, 0.05) is 10.6 Å². The molecule has 0 aliphatic carbocycles. The van der Waals surface area contributed by atoms with Crippen molar-refractivity contribution in [3.05, 3.63) is 22.7 Å².